The molecule has 0 unspecified atom stereocenters. The zero-order valence-corrected chi connectivity index (χ0v) is 12.1. The summed E-state index contributed by atoms with van der Waals surface area (Å²) in [6.45, 7) is 2.50. The van der Waals surface area contributed by atoms with Crippen molar-refractivity contribution in [1.29, 1.82) is 0 Å². The number of hydrogen-bond acceptors (Lipinski definition) is 2. The molecule has 2 aromatic rings. The maximum absolute atomic E-state index is 11.7. The van der Waals surface area contributed by atoms with Crippen LogP contribution in [0.1, 0.15) is 18.9 Å². The smallest absolute Gasteiger partial charge is 0.222 e. The van der Waals surface area contributed by atoms with E-state index in [0.717, 1.165) is 6.42 Å². The SMILES string of the molecule is COCCC(=O)N[C@H](C)Cc1cccc2ccccc12. The molecule has 0 bridgehead atoms. The largest absolute Gasteiger partial charge is 0.384 e. The van der Waals surface area contributed by atoms with Crippen LogP contribution in [-0.2, 0) is 16.0 Å². The van der Waals surface area contributed by atoms with Crippen molar-refractivity contribution in [3.8, 4) is 0 Å². The molecule has 0 fully saturated rings. The highest BCUT2D eigenvalue weighted by atomic mass is 16.5. The van der Waals surface area contributed by atoms with Crippen molar-refractivity contribution in [2.75, 3.05) is 13.7 Å². The van der Waals surface area contributed by atoms with Crippen molar-refractivity contribution in [3.05, 3.63) is 48.0 Å². The highest BCUT2D eigenvalue weighted by Gasteiger charge is 2.09. The van der Waals surface area contributed by atoms with E-state index in [-0.39, 0.29) is 11.9 Å². The molecule has 2 rings (SSSR count). The zero-order valence-electron chi connectivity index (χ0n) is 12.1. The Hall–Kier alpha value is -1.87. The molecule has 0 aliphatic heterocycles. The van der Waals surface area contributed by atoms with E-state index in [1.807, 2.05) is 19.1 Å². The number of methoxy groups -OCH3 is 1. The summed E-state index contributed by atoms with van der Waals surface area (Å²) in [6.07, 6.45) is 1.25. The monoisotopic (exact) mass is 271 g/mol. The van der Waals surface area contributed by atoms with Gasteiger partial charge in [0.25, 0.3) is 0 Å². The van der Waals surface area contributed by atoms with E-state index in [2.05, 4.69) is 35.6 Å². The van der Waals surface area contributed by atoms with Gasteiger partial charge in [-0.25, -0.2) is 0 Å². The van der Waals surface area contributed by atoms with Gasteiger partial charge in [0.15, 0.2) is 0 Å². The normalized spacial score (nSPS) is 12.3. The molecule has 20 heavy (non-hydrogen) atoms. The molecule has 1 N–H and O–H groups in total. The first-order valence-corrected chi connectivity index (χ1v) is 6.95. The van der Waals surface area contributed by atoms with Crippen LogP contribution in [0.2, 0.25) is 0 Å². The topological polar surface area (TPSA) is 38.3 Å². The van der Waals surface area contributed by atoms with Crippen molar-refractivity contribution in [1.82, 2.24) is 5.32 Å². The number of benzene rings is 2. The molecule has 0 aromatic heterocycles. The lowest BCUT2D eigenvalue weighted by Crippen LogP contribution is -2.34. The molecule has 0 radical (unpaired) electrons. The van der Waals surface area contributed by atoms with Crippen LogP contribution in [0.5, 0.6) is 0 Å². The minimum atomic E-state index is 0.0413. The second-order valence-corrected chi connectivity index (χ2v) is 5.05. The van der Waals surface area contributed by atoms with E-state index >= 15 is 0 Å². The Morgan fingerprint density at radius 3 is 2.75 bits per heavy atom. The highest BCUT2D eigenvalue weighted by Crippen LogP contribution is 2.19. The number of fused-ring (bicyclic) bond motifs is 1. The average molecular weight is 271 g/mol. The van der Waals surface area contributed by atoms with Gasteiger partial charge in [-0.3, -0.25) is 4.79 Å². The molecule has 1 atom stereocenters. The van der Waals surface area contributed by atoms with Gasteiger partial charge in [0.1, 0.15) is 0 Å². The number of carbonyl (C=O) groups is 1. The van der Waals surface area contributed by atoms with E-state index in [1.165, 1.54) is 16.3 Å². The molecule has 0 heterocycles. The Bertz CT molecular complexity index is 575. The minimum absolute atomic E-state index is 0.0413. The maximum atomic E-state index is 11.7. The molecule has 106 valence electrons. The first-order chi connectivity index (χ1) is 9.70. The Morgan fingerprint density at radius 1 is 1.20 bits per heavy atom. The molecule has 3 heteroatoms. The van der Waals surface area contributed by atoms with Crippen LogP contribution >= 0.6 is 0 Å². The van der Waals surface area contributed by atoms with Crippen molar-refractivity contribution >= 4 is 16.7 Å². The summed E-state index contributed by atoms with van der Waals surface area (Å²) in [5, 5.41) is 5.51. The third-order valence-corrected chi connectivity index (χ3v) is 3.35. The fourth-order valence-corrected chi connectivity index (χ4v) is 2.39. The van der Waals surface area contributed by atoms with E-state index in [1.54, 1.807) is 7.11 Å². The third kappa shape index (κ3) is 3.81. The summed E-state index contributed by atoms with van der Waals surface area (Å²) in [7, 11) is 1.60. The molecule has 3 nitrogen and oxygen atoms in total. The summed E-state index contributed by atoms with van der Waals surface area (Å²) < 4.78 is 4.91. The molecule has 0 saturated carbocycles. The summed E-state index contributed by atoms with van der Waals surface area (Å²) in [6, 6.07) is 14.8. The Morgan fingerprint density at radius 2 is 1.95 bits per heavy atom. The fourth-order valence-electron chi connectivity index (χ4n) is 2.39. The molecule has 0 aliphatic rings. The van der Waals surface area contributed by atoms with Gasteiger partial charge < -0.3 is 10.1 Å². The minimum Gasteiger partial charge on any atom is -0.384 e. The molecule has 1 amide bonds. The number of amides is 1. The number of carbonyl (C=O) groups excluding carboxylic acids is 1. The molecule has 0 spiro atoms. The first-order valence-electron chi connectivity index (χ1n) is 6.95. The highest BCUT2D eigenvalue weighted by molar-refractivity contribution is 5.85. The second-order valence-electron chi connectivity index (χ2n) is 5.05. The Kier molecular flexibility index (Phi) is 5.13. The lowest BCUT2D eigenvalue weighted by Gasteiger charge is -2.15. The number of ether oxygens (including phenoxy) is 1. The molecule has 0 aliphatic carbocycles. The van der Waals surface area contributed by atoms with Gasteiger partial charge in [-0.1, -0.05) is 42.5 Å². The summed E-state index contributed by atoms with van der Waals surface area (Å²) in [5.41, 5.74) is 1.27. The lowest BCUT2D eigenvalue weighted by atomic mass is 9.99. The predicted octanol–water partition coefficient (Wildman–Crippen LogP) is 2.92. The van der Waals surface area contributed by atoms with E-state index in [0.29, 0.717) is 13.0 Å². The van der Waals surface area contributed by atoms with Crippen LogP contribution in [0.4, 0.5) is 0 Å². The fraction of sp³-hybridized carbons (Fsp3) is 0.353. The van der Waals surface area contributed by atoms with Crippen LogP contribution in [-0.4, -0.2) is 25.7 Å². The van der Waals surface area contributed by atoms with Crippen LogP contribution in [0.15, 0.2) is 42.5 Å². The summed E-state index contributed by atoms with van der Waals surface area (Å²) in [5.74, 6) is 0.0413. The quantitative estimate of drug-likeness (QED) is 0.877. The van der Waals surface area contributed by atoms with Crippen molar-refractivity contribution < 1.29 is 9.53 Å². The van der Waals surface area contributed by atoms with Crippen LogP contribution in [0.25, 0.3) is 10.8 Å². The second kappa shape index (κ2) is 7.06. The van der Waals surface area contributed by atoms with Crippen molar-refractivity contribution in [3.63, 3.8) is 0 Å². The Balaban J connectivity index is 2.03. The number of hydrogen-bond donors (Lipinski definition) is 1. The van der Waals surface area contributed by atoms with Gasteiger partial charge in [-0.15, -0.1) is 0 Å². The van der Waals surface area contributed by atoms with Gasteiger partial charge in [-0.05, 0) is 29.7 Å². The molecule has 0 saturated heterocycles. The van der Waals surface area contributed by atoms with Crippen LogP contribution in [0.3, 0.4) is 0 Å². The van der Waals surface area contributed by atoms with Crippen LogP contribution < -0.4 is 5.32 Å². The number of rotatable bonds is 6. The van der Waals surface area contributed by atoms with E-state index < -0.39 is 0 Å². The first kappa shape index (κ1) is 14.5. The zero-order chi connectivity index (χ0) is 14.4. The van der Waals surface area contributed by atoms with Crippen LogP contribution in [0, 0.1) is 0 Å². The lowest BCUT2D eigenvalue weighted by molar-refractivity contribution is -0.122. The third-order valence-electron chi connectivity index (χ3n) is 3.35. The molecule has 2 aromatic carbocycles. The number of nitrogens with one attached hydrogen (secondary N) is 1. The average Bonchev–Trinajstić information content (AvgIpc) is 2.45. The van der Waals surface area contributed by atoms with E-state index in [9.17, 15) is 4.79 Å². The molecular formula is C17H21NO2. The van der Waals surface area contributed by atoms with E-state index in [4.69, 9.17) is 4.74 Å². The van der Waals surface area contributed by atoms with Crippen molar-refractivity contribution in [2.45, 2.75) is 25.8 Å². The summed E-state index contributed by atoms with van der Waals surface area (Å²) in [4.78, 5) is 11.7. The van der Waals surface area contributed by atoms with Gasteiger partial charge in [0, 0.05) is 19.6 Å². The predicted molar refractivity (Wildman–Crippen MR) is 81.7 cm³/mol. The molecular weight excluding hydrogens is 250 g/mol. The van der Waals surface area contributed by atoms with Gasteiger partial charge >= 0.3 is 0 Å². The van der Waals surface area contributed by atoms with Gasteiger partial charge in [0.05, 0.1) is 6.61 Å². The van der Waals surface area contributed by atoms with Crippen molar-refractivity contribution in [2.24, 2.45) is 0 Å². The maximum Gasteiger partial charge on any atom is 0.222 e. The summed E-state index contributed by atoms with van der Waals surface area (Å²) >= 11 is 0. The van der Waals surface area contributed by atoms with Gasteiger partial charge in [0.2, 0.25) is 5.91 Å². The standard InChI is InChI=1S/C17H21NO2/c1-13(18-17(19)10-11-20-2)12-15-8-5-7-14-6-3-4-9-16(14)15/h3-9,13H,10-12H2,1-2H3,(H,18,19)/t13-/m1/s1. The van der Waals surface area contributed by atoms with Gasteiger partial charge in [-0.2, -0.15) is 0 Å². The Labute approximate surface area is 119 Å².